The number of fused-ring (bicyclic) bond motifs is 1. The molecule has 2 N–H and O–H groups in total. The van der Waals surface area contributed by atoms with Crippen molar-refractivity contribution >= 4 is 34.4 Å². The molecular weight excluding hydrogens is 410 g/mol. The van der Waals surface area contributed by atoms with Crippen molar-refractivity contribution in [2.75, 3.05) is 10.6 Å². The fraction of sp³-hybridized carbons (Fsp3) is 0.0455. The van der Waals surface area contributed by atoms with Crippen molar-refractivity contribution in [3.8, 4) is 11.4 Å². The molecule has 0 spiro atoms. The van der Waals surface area contributed by atoms with Gasteiger partial charge < -0.3 is 10.6 Å². The van der Waals surface area contributed by atoms with Crippen LogP contribution in [0.2, 0.25) is 0 Å². The average Bonchev–Trinajstić information content (AvgIpc) is 3.48. The first-order valence-electron chi connectivity index (χ1n) is 9.55. The van der Waals surface area contributed by atoms with Gasteiger partial charge in [-0.25, -0.2) is 0 Å². The average molecular weight is 427 g/mol. The summed E-state index contributed by atoms with van der Waals surface area (Å²) in [6, 6.07) is 16.8. The van der Waals surface area contributed by atoms with Crippen molar-refractivity contribution in [2.24, 2.45) is 0 Å². The van der Waals surface area contributed by atoms with Gasteiger partial charge in [-0.2, -0.15) is 15.9 Å². The summed E-state index contributed by atoms with van der Waals surface area (Å²) in [7, 11) is 0. The Balaban J connectivity index is 1.30. The summed E-state index contributed by atoms with van der Waals surface area (Å²) in [5.74, 6) is 1.24. The van der Waals surface area contributed by atoms with E-state index in [-0.39, 0.29) is 5.91 Å². The number of pyridine rings is 1. The molecule has 0 radical (unpaired) electrons. The number of carbonyl (C=O) groups excluding carboxylic acids is 1. The molecule has 152 valence electrons. The minimum absolute atomic E-state index is 0.173. The molecule has 4 heterocycles. The summed E-state index contributed by atoms with van der Waals surface area (Å²) < 4.78 is 1.73. The van der Waals surface area contributed by atoms with Crippen LogP contribution in [0.4, 0.5) is 11.5 Å². The maximum absolute atomic E-state index is 12.4. The maximum atomic E-state index is 12.4. The number of thiophene rings is 1. The Morgan fingerprint density at radius 1 is 1.03 bits per heavy atom. The molecule has 0 fully saturated rings. The molecule has 4 aromatic heterocycles. The fourth-order valence-corrected chi connectivity index (χ4v) is 3.75. The lowest BCUT2D eigenvalue weighted by molar-refractivity contribution is 0.102. The number of anilines is 2. The monoisotopic (exact) mass is 427 g/mol. The Hall–Kier alpha value is -4.11. The lowest BCUT2D eigenvalue weighted by atomic mass is 10.2. The van der Waals surface area contributed by atoms with Gasteiger partial charge in [0.1, 0.15) is 5.82 Å². The van der Waals surface area contributed by atoms with E-state index in [0.717, 1.165) is 16.8 Å². The highest BCUT2D eigenvalue weighted by Gasteiger charge is 2.10. The number of rotatable bonds is 6. The van der Waals surface area contributed by atoms with E-state index in [4.69, 9.17) is 0 Å². The third kappa shape index (κ3) is 4.12. The van der Waals surface area contributed by atoms with E-state index in [9.17, 15) is 4.79 Å². The summed E-state index contributed by atoms with van der Waals surface area (Å²) in [6.45, 7) is 0.549. The first kappa shape index (κ1) is 18.9. The molecule has 0 saturated heterocycles. The van der Waals surface area contributed by atoms with Gasteiger partial charge in [-0.1, -0.05) is 12.1 Å². The molecule has 8 nitrogen and oxygen atoms in total. The highest BCUT2D eigenvalue weighted by Crippen LogP contribution is 2.21. The van der Waals surface area contributed by atoms with E-state index in [1.807, 2.05) is 53.2 Å². The maximum Gasteiger partial charge on any atom is 0.255 e. The summed E-state index contributed by atoms with van der Waals surface area (Å²) in [4.78, 5) is 16.3. The van der Waals surface area contributed by atoms with Gasteiger partial charge >= 0.3 is 0 Å². The normalized spacial score (nSPS) is 10.8. The molecule has 31 heavy (non-hydrogen) atoms. The van der Waals surface area contributed by atoms with Crippen LogP contribution in [-0.2, 0) is 6.54 Å². The van der Waals surface area contributed by atoms with Crippen molar-refractivity contribution in [1.82, 2.24) is 24.8 Å². The van der Waals surface area contributed by atoms with Gasteiger partial charge in [0.25, 0.3) is 5.91 Å². The van der Waals surface area contributed by atoms with Crippen molar-refractivity contribution < 1.29 is 4.79 Å². The molecule has 0 aliphatic heterocycles. The SMILES string of the molecule is O=C(Nc1cccc(CNc2ccc3nnc(-c4ccsc4)n3n2)c1)c1ccncc1. The highest BCUT2D eigenvalue weighted by atomic mass is 32.1. The molecule has 0 aliphatic rings. The number of hydrogen-bond acceptors (Lipinski definition) is 7. The largest absolute Gasteiger partial charge is 0.365 e. The number of nitrogens with zero attached hydrogens (tertiary/aromatic N) is 5. The van der Waals surface area contributed by atoms with Crippen LogP contribution in [0.25, 0.3) is 17.0 Å². The molecule has 0 bridgehead atoms. The summed E-state index contributed by atoms with van der Waals surface area (Å²) >= 11 is 1.60. The third-order valence-electron chi connectivity index (χ3n) is 4.64. The number of hydrogen-bond donors (Lipinski definition) is 2. The van der Waals surface area contributed by atoms with Gasteiger partial charge in [-0.05, 0) is 53.4 Å². The number of amides is 1. The van der Waals surface area contributed by atoms with E-state index >= 15 is 0 Å². The first-order valence-corrected chi connectivity index (χ1v) is 10.5. The minimum atomic E-state index is -0.173. The number of benzene rings is 1. The molecule has 5 rings (SSSR count). The molecule has 5 aromatic rings. The lowest BCUT2D eigenvalue weighted by Gasteiger charge is -2.09. The van der Waals surface area contributed by atoms with Crippen LogP contribution in [0.15, 0.2) is 77.8 Å². The third-order valence-corrected chi connectivity index (χ3v) is 5.33. The first-order chi connectivity index (χ1) is 15.3. The van der Waals surface area contributed by atoms with Gasteiger partial charge in [0.2, 0.25) is 0 Å². The Morgan fingerprint density at radius 3 is 2.77 bits per heavy atom. The van der Waals surface area contributed by atoms with Crippen LogP contribution in [0.3, 0.4) is 0 Å². The van der Waals surface area contributed by atoms with E-state index in [1.165, 1.54) is 0 Å². The van der Waals surface area contributed by atoms with E-state index < -0.39 is 0 Å². The van der Waals surface area contributed by atoms with Crippen LogP contribution in [-0.4, -0.2) is 30.7 Å². The number of aromatic nitrogens is 5. The number of carbonyl (C=O) groups is 1. The zero-order valence-electron chi connectivity index (χ0n) is 16.3. The Bertz CT molecular complexity index is 1330. The summed E-state index contributed by atoms with van der Waals surface area (Å²) in [5.41, 5.74) is 3.97. The van der Waals surface area contributed by atoms with Crippen molar-refractivity contribution in [3.63, 3.8) is 0 Å². The quantitative estimate of drug-likeness (QED) is 0.423. The highest BCUT2D eigenvalue weighted by molar-refractivity contribution is 7.08. The molecule has 0 saturated carbocycles. The number of nitrogens with one attached hydrogen (secondary N) is 2. The fourth-order valence-electron chi connectivity index (χ4n) is 3.11. The lowest BCUT2D eigenvalue weighted by Crippen LogP contribution is -2.12. The van der Waals surface area contributed by atoms with Crippen molar-refractivity contribution in [2.45, 2.75) is 6.54 Å². The molecule has 1 amide bonds. The van der Waals surface area contributed by atoms with Gasteiger partial charge in [-0.15, -0.1) is 15.3 Å². The van der Waals surface area contributed by atoms with E-state index in [0.29, 0.717) is 29.4 Å². The molecule has 0 unspecified atom stereocenters. The van der Waals surface area contributed by atoms with E-state index in [2.05, 4.69) is 30.9 Å². The van der Waals surface area contributed by atoms with Crippen LogP contribution in [0, 0.1) is 0 Å². The zero-order valence-corrected chi connectivity index (χ0v) is 17.1. The van der Waals surface area contributed by atoms with Crippen LogP contribution >= 0.6 is 11.3 Å². The predicted octanol–water partition coefficient (Wildman–Crippen LogP) is 4.11. The molecule has 9 heteroatoms. The van der Waals surface area contributed by atoms with Crippen molar-refractivity contribution in [3.05, 3.63) is 88.9 Å². The second-order valence-corrected chi connectivity index (χ2v) is 7.55. The minimum Gasteiger partial charge on any atom is -0.365 e. The Morgan fingerprint density at radius 2 is 1.94 bits per heavy atom. The van der Waals surface area contributed by atoms with E-state index in [1.54, 1.807) is 40.4 Å². The molecular formula is C22H17N7OS. The standard InChI is InChI=1S/C22H17N7OS/c30-22(16-6-9-23-10-7-16)25-18-3-1-2-15(12-18)13-24-19-4-5-20-26-27-21(29(20)28-19)17-8-11-31-14-17/h1-12,14H,13H2,(H,24,28)(H,25,30). The molecule has 1 aromatic carbocycles. The Kier molecular flexibility index (Phi) is 5.07. The zero-order chi connectivity index (χ0) is 21.0. The van der Waals surface area contributed by atoms with Crippen LogP contribution < -0.4 is 10.6 Å². The second-order valence-electron chi connectivity index (χ2n) is 6.77. The van der Waals surface area contributed by atoms with Crippen LogP contribution in [0.5, 0.6) is 0 Å². The summed E-state index contributed by atoms with van der Waals surface area (Å²) in [5, 5.41) is 23.3. The van der Waals surface area contributed by atoms with Crippen LogP contribution in [0.1, 0.15) is 15.9 Å². The van der Waals surface area contributed by atoms with Gasteiger partial charge in [0.15, 0.2) is 11.5 Å². The van der Waals surface area contributed by atoms with Gasteiger partial charge in [-0.3, -0.25) is 9.78 Å². The summed E-state index contributed by atoms with van der Waals surface area (Å²) in [6.07, 6.45) is 3.19. The molecule has 0 atom stereocenters. The topological polar surface area (TPSA) is 97.1 Å². The smallest absolute Gasteiger partial charge is 0.255 e. The van der Waals surface area contributed by atoms with Gasteiger partial charge in [0, 0.05) is 41.1 Å². The second kappa shape index (κ2) is 8.33. The van der Waals surface area contributed by atoms with Gasteiger partial charge in [0.05, 0.1) is 0 Å². The molecule has 0 aliphatic carbocycles. The van der Waals surface area contributed by atoms with Crippen molar-refractivity contribution in [1.29, 1.82) is 0 Å². The Labute approximate surface area is 181 Å². The predicted molar refractivity (Wildman–Crippen MR) is 120 cm³/mol.